The Hall–Kier alpha value is -1.55. The van der Waals surface area contributed by atoms with E-state index in [0.717, 1.165) is 43.7 Å². The fourth-order valence-corrected chi connectivity index (χ4v) is 3.06. The minimum atomic E-state index is 0.142. The molecule has 1 N–H and O–H groups in total. The first kappa shape index (κ1) is 14.4. The number of carbonyl (C=O) groups is 1. The highest BCUT2D eigenvalue weighted by Gasteiger charge is 2.22. The number of rotatable bonds is 5. The van der Waals surface area contributed by atoms with Gasteiger partial charge in [-0.3, -0.25) is 4.79 Å². The topological polar surface area (TPSA) is 47.6 Å². The van der Waals surface area contributed by atoms with E-state index in [1.807, 2.05) is 24.3 Å². The van der Waals surface area contributed by atoms with Gasteiger partial charge in [-0.1, -0.05) is 18.9 Å². The molecule has 0 bridgehead atoms. The van der Waals surface area contributed by atoms with Crippen molar-refractivity contribution < 1.29 is 14.3 Å². The van der Waals surface area contributed by atoms with Crippen LogP contribution in [0.4, 0.5) is 5.69 Å². The van der Waals surface area contributed by atoms with E-state index in [1.165, 1.54) is 12.8 Å². The first-order chi connectivity index (χ1) is 10.3. The van der Waals surface area contributed by atoms with E-state index in [9.17, 15) is 4.79 Å². The highest BCUT2D eigenvalue weighted by Crippen LogP contribution is 2.27. The molecule has 1 atom stereocenters. The lowest BCUT2D eigenvalue weighted by atomic mass is 10.1. The summed E-state index contributed by atoms with van der Waals surface area (Å²) in [7, 11) is 0. The molecule has 0 radical (unpaired) electrons. The monoisotopic (exact) mass is 289 g/mol. The molecular formula is C17H23NO3. The Morgan fingerprint density at radius 3 is 2.86 bits per heavy atom. The number of carbonyl (C=O) groups excluding carboxylic acids is 1. The van der Waals surface area contributed by atoms with Crippen molar-refractivity contribution in [3.63, 3.8) is 0 Å². The minimum Gasteiger partial charge on any atom is -0.491 e. The second-order valence-electron chi connectivity index (χ2n) is 5.94. The summed E-state index contributed by atoms with van der Waals surface area (Å²) in [6.45, 7) is 1.42. The van der Waals surface area contributed by atoms with Gasteiger partial charge in [0, 0.05) is 24.3 Å². The van der Waals surface area contributed by atoms with Crippen molar-refractivity contribution in [2.75, 3.05) is 18.5 Å². The number of hydrogen-bond acceptors (Lipinski definition) is 3. The zero-order valence-electron chi connectivity index (χ0n) is 12.3. The van der Waals surface area contributed by atoms with E-state index in [-0.39, 0.29) is 17.9 Å². The van der Waals surface area contributed by atoms with Crippen LogP contribution in [0, 0.1) is 5.92 Å². The molecule has 1 aliphatic carbocycles. The summed E-state index contributed by atoms with van der Waals surface area (Å²) in [6.07, 6.45) is 6.76. The molecule has 0 aromatic heterocycles. The highest BCUT2D eigenvalue weighted by molar-refractivity contribution is 5.92. The maximum atomic E-state index is 12.1. The molecule has 4 heteroatoms. The maximum Gasteiger partial charge on any atom is 0.227 e. The number of anilines is 1. The molecule has 3 rings (SSSR count). The molecule has 0 spiro atoms. The van der Waals surface area contributed by atoms with Gasteiger partial charge in [-0.15, -0.1) is 0 Å². The molecule has 0 unspecified atom stereocenters. The van der Waals surface area contributed by atoms with Crippen molar-refractivity contribution in [2.24, 2.45) is 5.92 Å². The second kappa shape index (κ2) is 6.94. The zero-order valence-corrected chi connectivity index (χ0v) is 12.3. The minimum absolute atomic E-state index is 0.142. The van der Waals surface area contributed by atoms with E-state index in [0.29, 0.717) is 6.61 Å². The summed E-state index contributed by atoms with van der Waals surface area (Å²) >= 11 is 0. The molecular weight excluding hydrogens is 266 g/mol. The molecule has 1 aromatic carbocycles. The van der Waals surface area contributed by atoms with Gasteiger partial charge >= 0.3 is 0 Å². The summed E-state index contributed by atoms with van der Waals surface area (Å²) in [4.78, 5) is 12.1. The Balaban J connectivity index is 1.53. The Kier molecular flexibility index (Phi) is 4.76. The van der Waals surface area contributed by atoms with Crippen molar-refractivity contribution in [1.29, 1.82) is 0 Å². The van der Waals surface area contributed by atoms with Gasteiger partial charge in [-0.05, 0) is 37.8 Å². The van der Waals surface area contributed by atoms with Gasteiger partial charge in [0.1, 0.15) is 12.4 Å². The largest absolute Gasteiger partial charge is 0.491 e. The third-order valence-electron chi connectivity index (χ3n) is 4.29. The average Bonchev–Trinajstić information content (AvgIpc) is 3.19. The van der Waals surface area contributed by atoms with Crippen LogP contribution in [-0.2, 0) is 9.53 Å². The summed E-state index contributed by atoms with van der Waals surface area (Å²) in [5.74, 6) is 1.11. The molecule has 1 amide bonds. The van der Waals surface area contributed by atoms with Crippen LogP contribution < -0.4 is 10.1 Å². The number of benzene rings is 1. The third-order valence-corrected chi connectivity index (χ3v) is 4.29. The summed E-state index contributed by atoms with van der Waals surface area (Å²) in [6, 6.07) is 7.63. The van der Waals surface area contributed by atoms with Crippen LogP contribution in [-0.4, -0.2) is 25.2 Å². The van der Waals surface area contributed by atoms with E-state index in [2.05, 4.69) is 5.32 Å². The SMILES string of the molecule is O=C(Nc1cccc(OC[C@H]2CCCO2)c1)C1CCCC1. The highest BCUT2D eigenvalue weighted by atomic mass is 16.5. The van der Waals surface area contributed by atoms with Crippen molar-refractivity contribution in [1.82, 2.24) is 0 Å². The lowest BCUT2D eigenvalue weighted by molar-refractivity contribution is -0.119. The van der Waals surface area contributed by atoms with Crippen molar-refractivity contribution >= 4 is 11.6 Å². The second-order valence-corrected chi connectivity index (χ2v) is 5.94. The smallest absolute Gasteiger partial charge is 0.227 e. The van der Waals surface area contributed by atoms with Crippen LogP contribution in [0.2, 0.25) is 0 Å². The number of nitrogens with one attached hydrogen (secondary N) is 1. The molecule has 4 nitrogen and oxygen atoms in total. The lowest BCUT2D eigenvalue weighted by Crippen LogP contribution is -2.20. The van der Waals surface area contributed by atoms with Gasteiger partial charge in [0.15, 0.2) is 0 Å². The molecule has 1 saturated heterocycles. The number of amides is 1. The first-order valence-electron chi connectivity index (χ1n) is 7.96. The lowest BCUT2D eigenvalue weighted by Gasteiger charge is -2.14. The number of hydrogen-bond donors (Lipinski definition) is 1. The number of ether oxygens (including phenoxy) is 2. The van der Waals surface area contributed by atoms with E-state index < -0.39 is 0 Å². The molecule has 2 aliphatic rings. The molecule has 21 heavy (non-hydrogen) atoms. The molecule has 114 valence electrons. The molecule has 1 aromatic rings. The first-order valence-corrected chi connectivity index (χ1v) is 7.96. The summed E-state index contributed by atoms with van der Waals surface area (Å²) < 4.78 is 11.3. The fraction of sp³-hybridized carbons (Fsp3) is 0.588. The van der Waals surface area contributed by atoms with Crippen LogP contribution >= 0.6 is 0 Å². The van der Waals surface area contributed by atoms with Gasteiger partial charge in [0.2, 0.25) is 5.91 Å². The van der Waals surface area contributed by atoms with Crippen molar-refractivity contribution in [2.45, 2.75) is 44.6 Å². The van der Waals surface area contributed by atoms with Gasteiger partial charge in [-0.2, -0.15) is 0 Å². The molecule has 2 fully saturated rings. The van der Waals surface area contributed by atoms with Gasteiger partial charge in [0.25, 0.3) is 0 Å². The van der Waals surface area contributed by atoms with Gasteiger partial charge in [0.05, 0.1) is 6.10 Å². The van der Waals surface area contributed by atoms with Gasteiger partial charge in [-0.25, -0.2) is 0 Å². The van der Waals surface area contributed by atoms with Crippen LogP contribution in [0.15, 0.2) is 24.3 Å². The predicted octanol–water partition coefficient (Wildman–Crippen LogP) is 3.37. The fourth-order valence-electron chi connectivity index (χ4n) is 3.06. The Morgan fingerprint density at radius 1 is 1.24 bits per heavy atom. The summed E-state index contributed by atoms with van der Waals surface area (Å²) in [5, 5.41) is 3.00. The van der Waals surface area contributed by atoms with Crippen molar-refractivity contribution in [3.05, 3.63) is 24.3 Å². The van der Waals surface area contributed by atoms with E-state index in [1.54, 1.807) is 0 Å². The normalized spacial score (nSPS) is 22.4. The molecule has 1 aliphatic heterocycles. The zero-order chi connectivity index (χ0) is 14.5. The third kappa shape index (κ3) is 3.97. The predicted molar refractivity (Wildman–Crippen MR) is 81.5 cm³/mol. The van der Waals surface area contributed by atoms with Crippen molar-refractivity contribution in [3.8, 4) is 5.75 Å². The summed E-state index contributed by atoms with van der Waals surface area (Å²) in [5.41, 5.74) is 0.816. The van der Waals surface area contributed by atoms with E-state index >= 15 is 0 Å². The van der Waals surface area contributed by atoms with Crippen LogP contribution in [0.1, 0.15) is 38.5 Å². The Morgan fingerprint density at radius 2 is 2.10 bits per heavy atom. The van der Waals surface area contributed by atoms with Crippen LogP contribution in [0.25, 0.3) is 0 Å². The standard InChI is InChI=1S/C17H23NO3/c19-17(13-5-1-2-6-13)18-14-7-3-8-15(11-14)21-12-16-9-4-10-20-16/h3,7-8,11,13,16H,1-2,4-6,9-10,12H2,(H,18,19)/t16-/m1/s1. The van der Waals surface area contributed by atoms with Crippen LogP contribution in [0.3, 0.4) is 0 Å². The molecule has 1 heterocycles. The van der Waals surface area contributed by atoms with E-state index in [4.69, 9.17) is 9.47 Å². The van der Waals surface area contributed by atoms with Gasteiger partial charge < -0.3 is 14.8 Å². The maximum absolute atomic E-state index is 12.1. The Bertz CT molecular complexity index is 477. The quantitative estimate of drug-likeness (QED) is 0.904. The Labute approximate surface area is 125 Å². The average molecular weight is 289 g/mol. The van der Waals surface area contributed by atoms with Crippen LogP contribution in [0.5, 0.6) is 5.75 Å². The molecule has 1 saturated carbocycles.